The molecular formula is C24H23F3N4O3. The molecule has 0 saturated carbocycles. The summed E-state index contributed by atoms with van der Waals surface area (Å²) in [6, 6.07) is 12.8. The molecule has 2 N–H and O–H groups in total. The van der Waals surface area contributed by atoms with Crippen LogP contribution in [0.25, 0.3) is 0 Å². The van der Waals surface area contributed by atoms with E-state index in [9.17, 15) is 22.8 Å². The van der Waals surface area contributed by atoms with Crippen LogP contribution in [0.1, 0.15) is 56.1 Å². The smallest absolute Gasteiger partial charge is 0.436 e. The van der Waals surface area contributed by atoms with Crippen molar-refractivity contribution in [3.8, 4) is 0 Å². The lowest BCUT2D eigenvalue weighted by Gasteiger charge is -2.21. The van der Waals surface area contributed by atoms with Crippen molar-refractivity contribution in [3.63, 3.8) is 0 Å². The van der Waals surface area contributed by atoms with E-state index < -0.39 is 35.4 Å². The Hall–Kier alpha value is -3.82. The molecule has 0 unspecified atom stereocenters. The standard InChI is InChI=1S/C24H23F3N4O3/c1-14-4-3-5-16(12-14)13-30-10-11-31-22(30)19(20(29-31)24(25,26)27)21(32)28-15(2)17-6-8-18(9-7-17)23(33)34/h3-9,12,15H,10-11,13H2,1-2H3,(H,28,32)(H,33,34)/t15-/m0/s1. The molecule has 10 heteroatoms. The highest BCUT2D eigenvalue weighted by atomic mass is 19.4. The maximum atomic E-state index is 13.8. The molecule has 0 spiro atoms. The molecule has 0 saturated heterocycles. The van der Waals surface area contributed by atoms with Gasteiger partial charge in [-0.1, -0.05) is 42.0 Å². The van der Waals surface area contributed by atoms with E-state index in [1.54, 1.807) is 11.8 Å². The Morgan fingerprint density at radius 1 is 1.15 bits per heavy atom. The van der Waals surface area contributed by atoms with Crippen LogP contribution in [0, 0.1) is 6.92 Å². The fourth-order valence-corrected chi connectivity index (χ4v) is 4.11. The van der Waals surface area contributed by atoms with Crippen LogP contribution in [-0.2, 0) is 19.3 Å². The topological polar surface area (TPSA) is 87.5 Å². The third kappa shape index (κ3) is 4.61. The molecule has 3 aromatic rings. The lowest BCUT2D eigenvalue weighted by molar-refractivity contribution is -0.141. The highest BCUT2D eigenvalue weighted by Gasteiger charge is 2.44. The molecule has 1 aromatic heterocycles. The minimum Gasteiger partial charge on any atom is -0.478 e. The first-order chi connectivity index (χ1) is 16.0. The van der Waals surface area contributed by atoms with Gasteiger partial charge in [0.2, 0.25) is 0 Å². The summed E-state index contributed by atoms with van der Waals surface area (Å²) in [6.07, 6.45) is -4.80. The molecule has 34 heavy (non-hydrogen) atoms. The summed E-state index contributed by atoms with van der Waals surface area (Å²) in [5.74, 6) is -1.85. The van der Waals surface area contributed by atoms with Crippen molar-refractivity contribution in [2.75, 3.05) is 11.4 Å². The normalized spacial score (nSPS) is 14.1. The first kappa shape index (κ1) is 23.3. The predicted molar refractivity (Wildman–Crippen MR) is 119 cm³/mol. The second-order valence-electron chi connectivity index (χ2n) is 8.30. The highest BCUT2D eigenvalue weighted by molar-refractivity contribution is 6.01. The SMILES string of the molecule is Cc1cccc(CN2CCn3nc(C(F)(F)F)c(C(=O)N[C@@H](C)c4ccc(C(=O)O)cc4)c32)c1. The molecule has 0 aliphatic carbocycles. The number of benzene rings is 2. The van der Waals surface area contributed by atoms with Gasteiger partial charge in [0.05, 0.1) is 18.2 Å². The fourth-order valence-electron chi connectivity index (χ4n) is 4.11. The van der Waals surface area contributed by atoms with Crippen LogP contribution in [-0.4, -0.2) is 33.3 Å². The molecule has 2 aromatic carbocycles. The van der Waals surface area contributed by atoms with Gasteiger partial charge in [0, 0.05) is 13.1 Å². The fraction of sp³-hybridized carbons (Fsp3) is 0.292. The minimum absolute atomic E-state index is 0.0721. The van der Waals surface area contributed by atoms with Crippen LogP contribution in [0.3, 0.4) is 0 Å². The van der Waals surface area contributed by atoms with Gasteiger partial charge in [-0.15, -0.1) is 0 Å². The zero-order valence-electron chi connectivity index (χ0n) is 18.6. The number of nitrogens with one attached hydrogen (secondary N) is 1. The number of hydrogen-bond acceptors (Lipinski definition) is 4. The first-order valence-electron chi connectivity index (χ1n) is 10.7. The maximum Gasteiger partial charge on any atom is 0.436 e. The quantitative estimate of drug-likeness (QED) is 0.555. The van der Waals surface area contributed by atoms with Crippen molar-refractivity contribution < 1.29 is 27.9 Å². The van der Waals surface area contributed by atoms with E-state index in [0.29, 0.717) is 18.7 Å². The van der Waals surface area contributed by atoms with Crippen LogP contribution in [0.2, 0.25) is 0 Å². The van der Waals surface area contributed by atoms with E-state index >= 15 is 0 Å². The van der Waals surface area contributed by atoms with Gasteiger partial charge in [-0.3, -0.25) is 4.79 Å². The molecule has 178 valence electrons. The molecule has 0 fully saturated rings. The average Bonchev–Trinajstić information content (AvgIpc) is 3.34. The van der Waals surface area contributed by atoms with Crippen molar-refractivity contribution in [2.24, 2.45) is 0 Å². The lowest BCUT2D eigenvalue weighted by Crippen LogP contribution is -2.31. The number of aromatic nitrogens is 2. The number of hydrogen-bond donors (Lipinski definition) is 2. The average molecular weight is 472 g/mol. The summed E-state index contributed by atoms with van der Waals surface area (Å²) in [7, 11) is 0. The summed E-state index contributed by atoms with van der Waals surface area (Å²) in [5, 5.41) is 15.4. The zero-order valence-corrected chi connectivity index (χ0v) is 18.6. The summed E-state index contributed by atoms with van der Waals surface area (Å²) >= 11 is 0. The number of aryl methyl sites for hydroxylation is 1. The molecular weight excluding hydrogens is 449 g/mol. The van der Waals surface area contributed by atoms with Crippen molar-refractivity contribution >= 4 is 17.7 Å². The van der Waals surface area contributed by atoms with Gasteiger partial charge in [0.25, 0.3) is 5.91 Å². The van der Waals surface area contributed by atoms with Crippen molar-refractivity contribution in [2.45, 2.75) is 39.2 Å². The number of alkyl halides is 3. The van der Waals surface area contributed by atoms with Crippen molar-refractivity contribution in [3.05, 3.63) is 82.0 Å². The summed E-state index contributed by atoms with van der Waals surface area (Å²) in [5.41, 5.74) is 0.854. The first-order valence-corrected chi connectivity index (χ1v) is 10.7. The van der Waals surface area contributed by atoms with Gasteiger partial charge < -0.3 is 15.3 Å². The zero-order chi connectivity index (χ0) is 24.6. The van der Waals surface area contributed by atoms with Crippen LogP contribution in [0.4, 0.5) is 19.0 Å². The van der Waals surface area contributed by atoms with Gasteiger partial charge in [0.15, 0.2) is 5.69 Å². The van der Waals surface area contributed by atoms with Crippen LogP contribution in [0.5, 0.6) is 0 Å². The minimum atomic E-state index is -4.80. The molecule has 1 aliphatic heterocycles. The number of amides is 1. The molecule has 0 radical (unpaired) electrons. The number of rotatable bonds is 6. The van der Waals surface area contributed by atoms with Gasteiger partial charge >= 0.3 is 12.1 Å². The number of nitrogens with zero attached hydrogens (tertiary/aromatic N) is 3. The molecule has 1 atom stereocenters. The Balaban J connectivity index is 1.65. The highest BCUT2D eigenvalue weighted by Crippen LogP contribution is 2.38. The monoisotopic (exact) mass is 472 g/mol. The van der Waals surface area contributed by atoms with Gasteiger partial charge in [-0.25, -0.2) is 9.48 Å². The second-order valence-corrected chi connectivity index (χ2v) is 8.30. The Labute approximate surface area is 193 Å². The summed E-state index contributed by atoms with van der Waals surface area (Å²) < 4.78 is 42.7. The molecule has 4 rings (SSSR count). The van der Waals surface area contributed by atoms with Gasteiger partial charge in [-0.2, -0.15) is 18.3 Å². The maximum absolute atomic E-state index is 13.8. The lowest BCUT2D eigenvalue weighted by atomic mass is 10.1. The van der Waals surface area contributed by atoms with E-state index in [2.05, 4.69) is 10.4 Å². The number of carbonyl (C=O) groups is 2. The molecule has 1 aliphatic rings. The Kier molecular flexibility index (Phi) is 6.07. The predicted octanol–water partition coefficient (Wildman–Crippen LogP) is 4.42. The number of anilines is 1. The van der Waals surface area contributed by atoms with E-state index in [1.807, 2.05) is 31.2 Å². The third-order valence-electron chi connectivity index (χ3n) is 5.76. The number of fused-ring (bicyclic) bond motifs is 1. The van der Waals surface area contributed by atoms with Gasteiger partial charge in [0.1, 0.15) is 11.4 Å². The molecule has 0 bridgehead atoms. The van der Waals surface area contributed by atoms with Crippen LogP contribution < -0.4 is 10.2 Å². The van der Waals surface area contributed by atoms with E-state index in [4.69, 9.17) is 5.11 Å². The van der Waals surface area contributed by atoms with Gasteiger partial charge in [-0.05, 0) is 37.1 Å². The van der Waals surface area contributed by atoms with Crippen LogP contribution >= 0.6 is 0 Å². The number of carboxylic acids is 1. The molecule has 2 heterocycles. The number of aromatic carboxylic acids is 1. The largest absolute Gasteiger partial charge is 0.478 e. The van der Waals surface area contributed by atoms with Crippen molar-refractivity contribution in [1.29, 1.82) is 0 Å². The Morgan fingerprint density at radius 2 is 1.85 bits per heavy atom. The van der Waals surface area contributed by atoms with E-state index in [1.165, 1.54) is 28.9 Å². The Morgan fingerprint density at radius 3 is 2.47 bits per heavy atom. The van der Waals surface area contributed by atoms with E-state index in [-0.39, 0.29) is 17.9 Å². The van der Waals surface area contributed by atoms with Crippen molar-refractivity contribution in [1.82, 2.24) is 15.1 Å². The van der Waals surface area contributed by atoms with E-state index in [0.717, 1.165) is 11.1 Å². The molecule has 1 amide bonds. The number of carboxylic acid groups (broad SMARTS) is 1. The number of halogens is 3. The van der Waals surface area contributed by atoms with Crippen LogP contribution in [0.15, 0.2) is 48.5 Å². The molecule has 7 nitrogen and oxygen atoms in total. The number of carbonyl (C=O) groups excluding carboxylic acids is 1. The Bertz CT molecular complexity index is 1240. The summed E-state index contributed by atoms with van der Waals surface area (Å²) in [4.78, 5) is 25.9. The second kappa shape index (κ2) is 8.85. The summed E-state index contributed by atoms with van der Waals surface area (Å²) in [6.45, 7) is 4.57. The third-order valence-corrected chi connectivity index (χ3v) is 5.76.